The van der Waals surface area contributed by atoms with Gasteiger partial charge in [-0.25, -0.2) is 4.57 Å². The summed E-state index contributed by atoms with van der Waals surface area (Å²) in [6.07, 6.45) is 0. The molecule has 0 fully saturated rings. The van der Waals surface area contributed by atoms with Crippen LogP contribution in [0.1, 0.15) is 0 Å². The van der Waals surface area contributed by atoms with Gasteiger partial charge in [0.05, 0.1) is 0 Å². The third-order valence-electron chi connectivity index (χ3n) is 0. The second-order valence-electron chi connectivity index (χ2n) is 2.25. The molecular weight excluding hydrogens is 166 g/mol. The van der Waals surface area contributed by atoms with Crippen molar-refractivity contribution >= 4 is 35.5 Å². The minimum absolute atomic E-state index is 0. The van der Waals surface area contributed by atoms with Gasteiger partial charge in [-0.05, 0) is 0 Å². The molecule has 60 valence electrons. The molecule has 0 amide bonds. The predicted molar refractivity (Wildman–Crippen MR) is 46.2 cm³/mol. The van der Waals surface area contributed by atoms with E-state index < -0.39 is 7.82 Å². The first-order valence-electron chi connectivity index (χ1n) is 2.51. The molecule has 0 unspecified atom stereocenters. The van der Waals surface area contributed by atoms with Crippen molar-refractivity contribution < 1.29 is 19.2 Å². The van der Waals surface area contributed by atoms with Crippen LogP contribution in [-0.4, -0.2) is 42.3 Å². The van der Waals surface area contributed by atoms with Gasteiger partial charge in [0.15, 0.2) is 0 Å². The Morgan fingerprint density at radius 1 is 1.10 bits per heavy atom. The molecule has 10 heavy (non-hydrogen) atoms. The molecule has 0 rings (SSSR count). The van der Waals surface area contributed by atoms with E-state index in [9.17, 15) is 0 Å². The van der Waals surface area contributed by atoms with Gasteiger partial charge >= 0.3 is 26.7 Å². The van der Waals surface area contributed by atoms with E-state index in [2.05, 4.69) is 19.6 Å². The Morgan fingerprint density at radius 3 is 1.10 bits per heavy atom. The summed E-state index contributed by atoms with van der Waals surface area (Å²) in [5.74, 6) is 0. The predicted octanol–water partition coefficient (Wildman–Crippen LogP) is -0.474. The summed E-state index contributed by atoms with van der Waals surface area (Å²) < 4.78 is 8.88. The van der Waals surface area contributed by atoms with Crippen LogP contribution in [0.3, 0.4) is 0 Å². The fourth-order valence-corrected chi connectivity index (χ4v) is 0. The molecule has 4 nitrogen and oxygen atoms in total. The van der Waals surface area contributed by atoms with Crippen LogP contribution >= 0.6 is 7.82 Å². The first kappa shape index (κ1) is 17.1. The van der Waals surface area contributed by atoms with Crippen LogP contribution in [0.5, 0.6) is 0 Å². The second kappa shape index (κ2) is 8.03. The van der Waals surface area contributed by atoms with E-state index >= 15 is 0 Å². The van der Waals surface area contributed by atoms with Gasteiger partial charge in [-0.2, -0.15) is 0 Å². The standard InChI is InChI=1S/C3H10Si.Li.H3O4P.H/c1-4(2)3;;1-5(2,3)4;/h4H,1-3H3;;(H3,1,2,3,4);. The van der Waals surface area contributed by atoms with E-state index in [1.165, 1.54) is 0 Å². The molecule has 0 bridgehead atoms. The summed E-state index contributed by atoms with van der Waals surface area (Å²) in [6.45, 7) is 6.92. The molecule has 0 atom stereocenters. The Kier molecular flexibility index (Phi) is 13.8. The van der Waals surface area contributed by atoms with Crippen LogP contribution in [0.25, 0.3) is 0 Å². The van der Waals surface area contributed by atoms with Crippen LogP contribution in [0.4, 0.5) is 0 Å². The van der Waals surface area contributed by atoms with E-state index in [0.29, 0.717) is 0 Å². The van der Waals surface area contributed by atoms with Crippen molar-refractivity contribution in [3.63, 3.8) is 0 Å². The number of hydrogen-bond donors (Lipinski definition) is 3. The summed E-state index contributed by atoms with van der Waals surface area (Å²) in [5, 5.41) is 0. The summed E-state index contributed by atoms with van der Waals surface area (Å²) in [4.78, 5) is 21.6. The first-order chi connectivity index (χ1) is 3.73. The molecule has 0 heterocycles. The van der Waals surface area contributed by atoms with Crippen molar-refractivity contribution in [2.45, 2.75) is 19.6 Å². The monoisotopic (exact) mass is 180 g/mol. The van der Waals surface area contributed by atoms with Gasteiger partial charge in [0.1, 0.15) is 0 Å². The van der Waals surface area contributed by atoms with E-state index in [4.69, 9.17) is 19.2 Å². The number of rotatable bonds is 0. The zero-order valence-corrected chi connectivity index (χ0v) is 7.82. The molecule has 0 aromatic carbocycles. The molecular formula is C3H14LiO4PSi. The van der Waals surface area contributed by atoms with Gasteiger partial charge in [-0.15, -0.1) is 0 Å². The van der Waals surface area contributed by atoms with E-state index in [1.54, 1.807) is 0 Å². The molecule has 3 N–H and O–H groups in total. The van der Waals surface area contributed by atoms with Gasteiger partial charge in [0, 0.05) is 8.80 Å². The first-order valence-corrected chi connectivity index (χ1v) is 7.54. The maximum atomic E-state index is 8.88. The van der Waals surface area contributed by atoms with Crippen LogP contribution in [-0.2, 0) is 4.57 Å². The molecule has 0 saturated heterocycles. The van der Waals surface area contributed by atoms with Gasteiger partial charge in [0.2, 0.25) is 0 Å². The SMILES string of the molecule is C[SiH](C)C.O=P(O)(O)O.[LiH]. The Morgan fingerprint density at radius 2 is 1.10 bits per heavy atom. The summed E-state index contributed by atoms with van der Waals surface area (Å²) >= 11 is 0. The van der Waals surface area contributed by atoms with E-state index in [0.717, 1.165) is 0 Å². The molecule has 0 aromatic heterocycles. The zero-order chi connectivity index (χ0) is 8.08. The Hall–Kier alpha value is 0.924. The van der Waals surface area contributed by atoms with Crippen molar-refractivity contribution in [2.24, 2.45) is 0 Å². The van der Waals surface area contributed by atoms with E-state index in [-0.39, 0.29) is 27.7 Å². The van der Waals surface area contributed by atoms with Crippen molar-refractivity contribution in [3.8, 4) is 0 Å². The quantitative estimate of drug-likeness (QED) is 0.347. The zero-order valence-electron chi connectivity index (χ0n) is 5.77. The third kappa shape index (κ3) is 656. The van der Waals surface area contributed by atoms with E-state index in [1.807, 2.05) is 0 Å². The van der Waals surface area contributed by atoms with Crippen molar-refractivity contribution in [2.75, 3.05) is 0 Å². The molecule has 7 heteroatoms. The van der Waals surface area contributed by atoms with Crippen LogP contribution < -0.4 is 0 Å². The molecule has 0 radical (unpaired) electrons. The molecule has 0 aromatic rings. The molecule has 0 saturated carbocycles. The van der Waals surface area contributed by atoms with Crippen LogP contribution in [0, 0.1) is 0 Å². The summed E-state index contributed by atoms with van der Waals surface area (Å²) in [5.41, 5.74) is 0. The van der Waals surface area contributed by atoms with Gasteiger partial charge in [-0.3, -0.25) is 0 Å². The Bertz CT molecular complexity index is 91.7. The second-order valence-corrected chi connectivity index (χ2v) is 6.74. The molecule has 0 aliphatic carbocycles. The minimum atomic E-state index is -4.64. The Labute approximate surface area is 74.7 Å². The fraction of sp³-hybridized carbons (Fsp3) is 1.00. The van der Waals surface area contributed by atoms with Crippen LogP contribution in [0.2, 0.25) is 19.6 Å². The average molecular weight is 180 g/mol. The summed E-state index contributed by atoms with van der Waals surface area (Å²) in [7, 11) is -4.78. The number of phosphoric acid groups is 1. The third-order valence-corrected chi connectivity index (χ3v) is 0. The van der Waals surface area contributed by atoms with Crippen molar-refractivity contribution in [3.05, 3.63) is 0 Å². The topological polar surface area (TPSA) is 77.8 Å². The molecule has 0 aliphatic heterocycles. The van der Waals surface area contributed by atoms with Gasteiger partial charge < -0.3 is 14.7 Å². The number of hydrogen-bond acceptors (Lipinski definition) is 1. The van der Waals surface area contributed by atoms with Crippen molar-refractivity contribution in [1.82, 2.24) is 0 Å². The normalized spacial score (nSPS) is 9.50. The van der Waals surface area contributed by atoms with Crippen molar-refractivity contribution in [1.29, 1.82) is 0 Å². The molecule has 0 spiro atoms. The van der Waals surface area contributed by atoms with Gasteiger partial charge in [0.25, 0.3) is 0 Å². The molecule has 0 aliphatic rings. The fourth-order valence-electron chi connectivity index (χ4n) is 0. The Balaban J connectivity index is -0.0000000910. The average Bonchev–Trinajstić information content (AvgIpc) is 1.19. The summed E-state index contributed by atoms with van der Waals surface area (Å²) in [6, 6.07) is 0. The maximum absolute atomic E-state index is 8.88. The van der Waals surface area contributed by atoms with Crippen LogP contribution in [0.15, 0.2) is 0 Å². The van der Waals surface area contributed by atoms with Gasteiger partial charge in [-0.1, -0.05) is 19.6 Å².